The average molecular weight is 345 g/mol. The highest BCUT2D eigenvalue weighted by Gasteiger charge is 2.31. The van der Waals surface area contributed by atoms with Crippen LogP contribution < -0.4 is 5.32 Å². The minimum absolute atomic E-state index is 0.0581. The summed E-state index contributed by atoms with van der Waals surface area (Å²) in [5.74, 6) is -1.56. The number of piperidine rings is 1. The Bertz CT molecular complexity index is 599. The normalized spacial score (nSPS) is 21.1. The van der Waals surface area contributed by atoms with Gasteiger partial charge in [0, 0.05) is 25.2 Å². The molecule has 1 aromatic carbocycles. The van der Waals surface area contributed by atoms with Gasteiger partial charge in [-0.2, -0.15) is 0 Å². The number of methoxy groups -OCH3 is 1. The molecule has 23 heavy (non-hydrogen) atoms. The molecule has 0 saturated carbocycles. The predicted molar refractivity (Wildman–Crippen MR) is 81.7 cm³/mol. The van der Waals surface area contributed by atoms with E-state index < -0.39 is 23.9 Å². The van der Waals surface area contributed by atoms with Crippen molar-refractivity contribution in [3.05, 3.63) is 34.6 Å². The van der Waals surface area contributed by atoms with Gasteiger partial charge in [-0.3, -0.25) is 9.59 Å². The van der Waals surface area contributed by atoms with E-state index in [2.05, 4.69) is 5.32 Å². The first-order valence-electron chi connectivity index (χ1n) is 7.13. The molecule has 6 nitrogen and oxygen atoms in total. The zero-order valence-electron chi connectivity index (χ0n) is 12.6. The minimum Gasteiger partial charge on any atom is -0.389 e. The summed E-state index contributed by atoms with van der Waals surface area (Å²) < 4.78 is 18.4. The van der Waals surface area contributed by atoms with Crippen molar-refractivity contribution < 1.29 is 23.8 Å². The molecular weight excluding hydrogens is 327 g/mol. The van der Waals surface area contributed by atoms with Crippen LogP contribution in [0.4, 0.5) is 4.39 Å². The second-order valence-electron chi connectivity index (χ2n) is 5.33. The lowest BCUT2D eigenvalue weighted by Gasteiger charge is -2.36. The molecular formula is C15H18ClFN2O4. The summed E-state index contributed by atoms with van der Waals surface area (Å²) in [5.41, 5.74) is -0.178. The molecule has 126 valence electrons. The zero-order chi connectivity index (χ0) is 17.0. The van der Waals surface area contributed by atoms with Gasteiger partial charge >= 0.3 is 0 Å². The van der Waals surface area contributed by atoms with Crippen molar-refractivity contribution in [1.82, 2.24) is 10.2 Å². The highest BCUT2D eigenvalue weighted by molar-refractivity contribution is 6.31. The van der Waals surface area contributed by atoms with Crippen LogP contribution in [0.15, 0.2) is 18.2 Å². The fraction of sp³-hybridized carbons (Fsp3) is 0.467. The van der Waals surface area contributed by atoms with Gasteiger partial charge in [-0.25, -0.2) is 4.39 Å². The Labute approximate surface area is 138 Å². The summed E-state index contributed by atoms with van der Waals surface area (Å²) in [7, 11) is 1.42. The maximum Gasteiger partial charge on any atom is 0.254 e. The Kier molecular flexibility index (Phi) is 5.92. The van der Waals surface area contributed by atoms with Gasteiger partial charge in [-0.05, 0) is 24.6 Å². The number of nitrogens with one attached hydrogen (secondary N) is 1. The topological polar surface area (TPSA) is 78.9 Å². The molecule has 1 aliphatic heterocycles. The lowest BCUT2D eigenvalue weighted by atomic mass is 10.0. The van der Waals surface area contributed by atoms with Gasteiger partial charge in [-0.1, -0.05) is 11.6 Å². The van der Waals surface area contributed by atoms with Crippen LogP contribution in [0.25, 0.3) is 0 Å². The van der Waals surface area contributed by atoms with E-state index in [4.69, 9.17) is 16.3 Å². The fourth-order valence-electron chi connectivity index (χ4n) is 2.46. The summed E-state index contributed by atoms with van der Waals surface area (Å²) in [6.45, 7) is 0.408. The number of ether oxygens (including phenoxy) is 1. The Balaban J connectivity index is 1.97. The first-order valence-corrected chi connectivity index (χ1v) is 7.51. The third kappa shape index (κ3) is 4.40. The number of nitrogens with zero attached hydrogens (tertiary/aromatic N) is 1. The van der Waals surface area contributed by atoms with Crippen molar-refractivity contribution in [3.63, 3.8) is 0 Å². The Hall–Kier alpha value is -1.70. The zero-order valence-corrected chi connectivity index (χ0v) is 13.3. The van der Waals surface area contributed by atoms with E-state index in [1.165, 1.54) is 24.1 Å². The highest BCUT2D eigenvalue weighted by atomic mass is 35.5. The number of aliphatic hydroxyl groups excluding tert-OH is 1. The van der Waals surface area contributed by atoms with Crippen molar-refractivity contribution in [3.8, 4) is 0 Å². The number of aliphatic hydroxyl groups is 1. The number of carbonyl (C=O) groups is 2. The largest absolute Gasteiger partial charge is 0.389 e. The van der Waals surface area contributed by atoms with Crippen molar-refractivity contribution >= 4 is 23.4 Å². The van der Waals surface area contributed by atoms with Crippen molar-refractivity contribution in [2.75, 3.05) is 26.8 Å². The first kappa shape index (κ1) is 17.7. The molecule has 2 atom stereocenters. The van der Waals surface area contributed by atoms with E-state index in [0.717, 1.165) is 6.07 Å². The monoisotopic (exact) mass is 344 g/mol. The predicted octanol–water partition coefficient (Wildman–Crippen LogP) is 0.817. The molecule has 2 N–H and O–H groups in total. The second kappa shape index (κ2) is 7.72. The lowest BCUT2D eigenvalue weighted by Crippen LogP contribution is -2.55. The van der Waals surface area contributed by atoms with Crippen molar-refractivity contribution in [2.24, 2.45) is 0 Å². The van der Waals surface area contributed by atoms with Gasteiger partial charge in [-0.15, -0.1) is 0 Å². The van der Waals surface area contributed by atoms with E-state index in [9.17, 15) is 19.1 Å². The third-order valence-corrected chi connectivity index (χ3v) is 3.93. The number of β-amino-alcohol motifs (C(OH)–C–C–N with tert-alkyl or cyclic N) is 1. The molecule has 2 rings (SSSR count). The second-order valence-corrected chi connectivity index (χ2v) is 5.77. The lowest BCUT2D eigenvalue weighted by molar-refractivity contribution is -0.138. The van der Waals surface area contributed by atoms with Gasteiger partial charge in [0.1, 0.15) is 12.4 Å². The molecule has 1 saturated heterocycles. The summed E-state index contributed by atoms with van der Waals surface area (Å²) in [5, 5.41) is 12.9. The highest BCUT2D eigenvalue weighted by Crippen LogP contribution is 2.17. The summed E-state index contributed by atoms with van der Waals surface area (Å²) in [6.07, 6.45) is -0.569. The molecule has 8 heteroatoms. The molecule has 1 aromatic rings. The maximum absolute atomic E-state index is 13.7. The molecule has 0 spiro atoms. The standard InChI is InChI=1S/C15H18ClFN2O4/c1-23-8-14(21)19-5-4-12(13(20)7-19)18-15(22)10-6-9(16)2-3-11(10)17/h2-3,6,12-13,20H,4-5,7-8H2,1H3,(H,18,22)/t12-,13-/m1/s1. The summed E-state index contributed by atoms with van der Waals surface area (Å²) >= 11 is 5.76. The number of carbonyl (C=O) groups excluding carboxylic acids is 2. The summed E-state index contributed by atoms with van der Waals surface area (Å²) in [4.78, 5) is 25.3. The Morgan fingerprint density at radius 2 is 2.26 bits per heavy atom. The fourth-order valence-corrected chi connectivity index (χ4v) is 2.63. The molecule has 0 unspecified atom stereocenters. The van der Waals surface area contributed by atoms with E-state index in [1.807, 2.05) is 0 Å². The average Bonchev–Trinajstić information content (AvgIpc) is 2.51. The van der Waals surface area contributed by atoms with Crippen LogP contribution in [-0.2, 0) is 9.53 Å². The van der Waals surface area contributed by atoms with Gasteiger partial charge in [0.25, 0.3) is 5.91 Å². The molecule has 0 bridgehead atoms. The SMILES string of the molecule is COCC(=O)N1CC[C@@H](NC(=O)c2cc(Cl)ccc2F)[C@H](O)C1. The number of benzene rings is 1. The molecule has 1 fully saturated rings. The van der Waals surface area contributed by atoms with Gasteiger partial charge < -0.3 is 20.1 Å². The smallest absolute Gasteiger partial charge is 0.254 e. The molecule has 0 radical (unpaired) electrons. The Morgan fingerprint density at radius 3 is 2.91 bits per heavy atom. The van der Waals surface area contributed by atoms with E-state index >= 15 is 0 Å². The van der Waals surface area contributed by atoms with Gasteiger partial charge in [0.05, 0.1) is 17.7 Å². The molecule has 1 heterocycles. The number of amides is 2. The maximum atomic E-state index is 13.7. The van der Waals surface area contributed by atoms with Gasteiger partial charge in [0.15, 0.2) is 0 Å². The van der Waals surface area contributed by atoms with Gasteiger partial charge in [0.2, 0.25) is 5.91 Å². The van der Waals surface area contributed by atoms with Crippen LogP contribution in [0, 0.1) is 5.82 Å². The Morgan fingerprint density at radius 1 is 1.52 bits per heavy atom. The molecule has 0 aliphatic carbocycles. The number of hydrogen-bond donors (Lipinski definition) is 2. The van der Waals surface area contributed by atoms with E-state index in [1.54, 1.807) is 0 Å². The summed E-state index contributed by atoms with van der Waals surface area (Å²) in [6, 6.07) is 3.13. The first-order chi connectivity index (χ1) is 10.9. The van der Waals surface area contributed by atoms with Crippen molar-refractivity contribution in [2.45, 2.75) is 18.6 Å². The number of rotatable bonds is 4. The third-order valence-electron chi connectivity index (χ3n) is 3.69. The quantitative estimate of drug-likeness (QED) is 0.847. The molecule has 2 amide bonds. The van der Waals surface area contributed by atoms with Crippen LogP contribution in [-0.4, -0.2) is 60.8 Å². The number of hydrogen-bond acceptors (Lipinski definition) is 4. The molecule has 0 aromatic heterocycles. The van der Waals surface area contributed by atoms with Crippen LogP contribution in [0.3, 0.4) is 0 Å². The van der Waals surface area contributed by atoms with Crippen molar-refractivity contribution in [1.29, 1.82) is 0 Å². The van der Waals surface area contributed by atoms with E-state index in [0.29, 0.717) is 13.0 Å². The van der Waals surface area contributed by atoms with Crippen LogP contribution in [0.1, 0.15) is 16.8 Å². The number of likely N-dealkylation sites (tertiary alicyclic amines) is 1. The molecule has 1 aliphatic rings. The van der Waals surface area contributed by atoms with Crippen LogP contribution in [0.2, 0.25) is 5.02 Å². The number of halogens is 2. The minimum atomic E-state index is -0.934. The van der Waals surface area contributed by atoms with Crippen LogP contribution >= 0.6 is 11.6 Å². The van der Waals surface area contributed by atoms with Crippen LogP contribution in [0.5, 0.6) is 0 Å². The van der Waals surface area contributed by atoms with E-state index in [-0.39, 0.29) is 29.6 Å².